The Morgan fingerprint density at radius 3 is 2.50 bits per heavy atom. The van der Waals surface area contributed by atoms with E-state index in [1.54, 1.807) is 18.4 Å². The van der Waals surface area contributed by atoms with E-state index in [1.165, 1.54) is 0 Å². The van der Waals surface area contributed by atoms with Crippen molar-refractivity contribution in [3.05, 3.63) is 71.2 Å². The molecule has 2 aromatic carbocycles. The highest BCUT2D eigenvalue weighted by molar-refractivity contribution is 7.13. The van der Waals surface area contributed by atoms with E-state index in [4.69, 9.17) is 9.47 Å². The highest BCUT2D eigenvalue weighted by Crippen LogP contribution is 2.49. The summed E-state index contributed by atoms with van der Waals surface area (Å²) in [6.45, 7) is 0.208. The second kappa shape index (κ2) is 6.92. The van der Waals surface area contributed by atoms with Gasteiger partial charge in [0.05, 0.1) is 18.2 Å². The molecule has 0 saturated heterocycles. The van der Waals surface area contributed by atoms with E-state index >= 15 is 0 Å². The average Bonchev–Trinajstić information content (AvgIpc) is 3.39. The van der Waals surface area contributed by atoms with E-state index in [2.05, 4.69) is 4.98 Å². The Balaban J connectivity index is 1.41. The van der Waals surface area contributed by atoms with Gasteiger partial charge in [-0.3, -0.25) is 4.79 Å². The highest BCUT2D eigenvalue weighted by atomic mass is 32.1. The number of hydrogen-bond acceptors (Lipinski definition) is 5. The minimum Gasteiger partial charge on any atom is -0.497 e. The summed E-state index contributed by atoms with van der Waals surface area (Å²) in [6, 6.07) is 17.7. The Morgan fingerprint density at radius 2 is 1.85 bits per heavy atom. The summed E-state index contributed by atoms with van der Waals surface area (Å²) >= 11 is 1.54. The lowest BCUT2D eigenvalue weighted by Gasteiger charge is -2.14. The van der Waals surface area contributed by atoms with Crippen LogP contribution in [0.4, 0.5) is 0 Å². The van der Waals surface area contributed by atoms with Crippen LogP contribution in [0, 0.1) is 0 Å². The number of rotatable bonds is 6. The zero-order valence-electron chi connectivity index (χ0n) is 14.5. The van der Waals surface area contributed by atoms with Gasteiger partial charge in [0.15, 0.2) is 0 Å². The first kappa shape index (κ1) is 16.8. The molecule has 0 spiro atoms. The van der Waals surface area contributed by atoms with E-state index in [0.717, 1.165) is 40.4 Å². The summed E-state index contributed by atoms with van der Waals surface area (Å²) in [4.78, 5) is 17.2. The van der Waals surface area contributed by atoms with Crippen molar-refractivity contribution in [2.45, 2.75) is 24.9 Å². The number of nitrogens with zero attached hydrogens (tertiary/aromatic N) is 1. The van der Waals surface area contributed by atoms with Gasteiger partial charge in [0, 0.05) is 10.9 Å². The van der Waals surface area contributed by atoms with Gasteiger partial charge in [0.1, 0.15) is 17.4 Å². The quantitative estimate of drug-likeness (QED) is 0.599. The molecule has 1 aromatic heterocycles. The second-order valence-corrected chi connectivity index (χ2v) is 7.25. The Kier molecular flexibility index (Phi) is 4.47. The van der Waals surface area contributed by atoms with Crippen LogP contribution in [0.3, 0.4) is 0 Å². The van der Waals surface area contributed by atoms with Crippen LogP contribution in [0.5, 0.6) is 5.75 Å². The summed E-state index contributed by atoms with van der Waals surface area (Å²) in [5.41, 5.74) is 2.40. The van der Waals surface area contributed by atoms with Gasteiger partial charge >= 0.3 is 5.97 Å². The molecule has 0 radical (unpaired) electrons. The minimum absolute atomic E-state index is 0.150. The van der Waals surface area contributed by atoms with Crippen LogP contribution >= 0.6 is 11.3 Å². The molecular formula is C21H19NO3S. The van der Waals surface area contributed by atoms with Crippen molar-refractivity contribution in [3.8, 4) is 16.3 Å². The van der Waals surface area contributed by atoms with Gasteiger partial charge in [-0.25, -0.2) is 4.98 Å². The first-order chi connectivity index (χ1) is 12.7. The van der Waals surface area contributed by atoms with Crippen molar-refractivity contribution in [2.75, 3.05) is 7.11 Å². The molecule has 1 heterocycles. The van der Waals surface area contributed by atoms with Crippen molar-refractivity contribution in [1.82, 2.24) is 4.98 Å². The zero-order chi connectivity index (χ0) is 18.0. The van der Waals surface area contributed by atoms with E-state index in [9.17, 15) is 4.79 Å². The topological polar surface area (TPSA) is 48.4 Å². The molecule has 0 unspecified atom stereocenters. The summed E-state index contributed by atoms with van der Waals surface area (Å²) in [5, 5.41) is 2.84. The van der Waals surface area contributed by atoms with E-state index in [1.807, 2.05) is 60.0 Å². The van der Waals surface area contributed by atoms with Crippen LogP contribution in [0.25, 0.3) is 10.6 Å². The smallest absolute Gasteiger partial charge is 0.316 e. The largest absolute Gasteiger partial charge is 0.497 e. The predicted molar refractivity (Wildman–Crippen MR) is 101 cm³/mol. The van der Waals surface area contributed by atoms with Gasteiger partial charge in [0.25, 0.3) is 0 Å². The average molecular weight is 365 g/mol. The van der Waals surface area contributed by atoms with Gasteiger partial charge in [-0.05, 0) is 42.7 Å². The van der Waals surface area contributed by atoms with Crippen LogP contribution in [-0.4, -0.2) is 18.1 Å². The third-order valence-corrected chi connectivity index (χ3v) is 5.65. The standard InChI is InChI=1S/C21H19NO3S/c1-24-18-9-7-15(8-10-18)19-22-17(14-26-19)13-25-20(23)21(11-12-21)16-5-3-2-4-6-16/h2-10,14H,11-13H2,1H3. The Labute approximate surface area is 156 Å². The van der Waals surface area contributed by atoms with Gasteiger partial charge in [-0.15, -0.1) is 11.3 Å². The summed E-state index contributed by atoms with van der Waals surface area (Å²) in [7, 11) is 1.65. The number of carbonyl (C=O) groups excluding carboxylic acids is 1. The van der Waals surface area contributed by atoms with Gasteiger partial charge in [-0.1, -0.05) is 30.3 Å². The van der Waals surface area contributed by atoms with Crippen molar-refractivity contribution in [3.63, 3.8) is 0 Å². The molecule has 0 bridgehead atoms. The molecule has 3 aromatic rings. The lowest BCUT2D eigenvalue weighted by atomic mass is 9.96. The summed E-state index contributed by atoms with van der Waals surface area (Å²) in [5.74, 6) is 0.665. The summed E-state index contributed by atoms with van der Waals surface area (Å²) in [6.07, 6.45) is 1.70. The molecule has 1 aliphatic carbocycles. The Morgan fingerprint density at radius 1 is 1.12 bits per heavy atom. The fourth-order valence-electron chi connectivity index (χ4n) is 3.01. The SMILES string of the molecule is COc1ccc(-c2nc(COC(=O)C3(c4ccccc4)CC3)cs2)cc1. The van der Waals surface area contributed by atoms with E-state index < -0.39 is 5.41 Å². The molecule has 1 aliphatic rings. The lowest BCUT2D eigenvalue weighted by Crippen LogP contribution is -2.23. The highest BCUT2D eigenvalue weighted by Gasteiger charge is 2.52. The van der Waals surface area contributed by atoms with E-state index in [-0.39, 0.29) is 12.6 Å². The second-order valence-electron chi connectivity index (χ2n) is 6.40. The molecule has 0 N–H and O–H groups in total. The lowest BCUT2D eigenvalue weighted by molar-refractivity contribution is -0.148. The normalized spacial score (nSPS) is 14.7. The number of benzene rings is 2. The van der Waals surface area contributed by atoms with Crippen LogP contribution in [0.1, 0.15) is 24.1 Å². The molecule has 0 amide bonds. The van der Waals surface area contributed by atoms with Crippen molar-refractivity contribution in [2.24, 2.45) is 0 Å². The van der Waals surface area contributed by atoms with E-state index in [0.29, 0.717) is 0 Å². The molecule has 5 heteroatoms. The fourth-order valence-corrected chi connectivity index (χ4v) is 3.82. The molecule has 1 saturated carbocycles. The van der Waals surface area contributed by atoms with Gasteiger partial charge in [-0.2, -0.15) is 0 Å². The fraction of sp³-hybridized carbons (Fsp3) is 0.238. The minimum atomic E-state index is -0.448. The monoisotopic (exact) mass is 365 g/mol. The maximum Gasteiger partial charge on any atom is 0.316 e. The molecule has 4 nitrogen and oxygen atoms in total. The summed E-state index contributed by atoms with van der Waals surface area (Å²) < 4.78 is 10.8. The predicted octanol–water partition coefficient (Wildman–Crippen LogP) is 4.59. The Bertz CT molecular complexity index is 899. The third kappa shape index (κ3) is 3.22. The van der Waals surface area contributed by atoms with Crippen molar-refractivity contribution in [1.29, 1.82) is 0 Å². The molecule has 1 fully saturated rings. The number of aromatic nitrogens is 1. The number of hydrogen-bond donors (Lipinski definition) is 0. The maximum atomic E-state index is 12.6. The molecule has 26 heavy (non-hydrogen) atoms. The van der Waals surface area contributed by atoms with Crippen LogP contribution in [0.2, 0.25) is 0 Å². The van der Waals surface area contributed by atoms with Gasteiger partial charge < -0.3 is 9.47 Å². The molecule has 4 rings (SSSR count). The molecule has 0 aliphatic heterocycles. The Hall–Kier alpha value is -2.66. The number of methoxy groups -OCH3 is 1. The number of thiazole rings is 1. The number of esters is 1. The number of ether oxygens (including phenoxy) is 2. The molecule has 0 atom stereocenters. The first-order valence-corrected chi connectivity index (χ1v) is 9.41. The number of carbonyl (C=O) groups is 1. The van der Waals surface area contributed by atoms with Crippen molar-refractivity contribution < 1.29 is 14.3 Å². The van der Waals surface area contributed by atoms with Crippen LogP contribution < -0.4 is 4.74 Å². The third-order valence-electron chi connectivity index (χ3n) is 4.71. The van der Waals surface area contributed by atoms with Crippen LogP contribution in [0.15, 0.2) is 60.0 Å². The van der Waals surface area contributed by atoms with Crippen LogP contribution in [-0.2, 0) is 21.6 Å². The van der Waals surface area contributed by atoms with Crippen molar-refractivity contribution >= 4 is 17.3 Å². The molecule has 132 valence electrons. The first-order valence-electron chi connectivity index (χ1n) is 8.53. The van der Waals surface area contributed by atoms with Gasteiger partial charge in [0.2, 0.25) is 0 Å². The molecular weight excluding hydrogens is 346 g/mol. The maximum absolute atomic E-state index is 12.6. The zero-order valence-corrected chi connectivity index (χ0v) is 15.3.